The number of rotatable bonds is 5. The number of nitrogens with one attached hydrogen (secondary N) is 1. The van der Waals surface area contributed by atoms with Crippen molar-refractivity contribution in [3.8, 4) is 11.5 Å². The molecule has 0 spiro atoms. The highest BCUT2D eigenvalue weighted by Crippen LogP contribution is 2.31. The first kappa shape index (κ1) is 17.3. The van der Waals surface area contributed by atoms with Crippen molar-refractivity contribution in [2.24, 2.45) is 0 Å². The van der Waals surface area contributed by atoms with E-state index in [1.165, 1.54) is 14.2 Å². The molecule has 0 aliphatic carbocycles. The highest BCUT2D eigenvalue weighted by molar-refractivity contribution is 9.10. The fraction of sp³-hybridized carbons (Fsp3) is 0.278. The summed E-state index contributed by atoms with van der Waals surface area (Å²) in [7, 11) is 3.07. The largest absolute Gasteiger partial charge is 0.496 e. The molecule has 2 rings (SSSR count). The predicted molar refractivity (Wildman–Crippen MR) is 95.8 cm³/mol. The highest BCUT2D eigenvalue weighted by Gasteiger charge is 2.20. The van der Waals surface area contributed by atoms with E-state index < -0.39 is 0 Å². The number of amides is 1. The molecule has 1 amide bonds. The number of carbonyl (C=O) groups is 1. The Morgan fingerprint density at radius 1 is 1.17 bits per heavy atom. The predicted octanol–water partition coefficient (Wildman–Crippen LogP) is 4.59. The molecule has 122 valence electrons. The Kier molecular flexibility index (Phi) is 5.66. The van der Waals surface area contributed by atoms with Crippen LogP contribution in [0.3, 0.4) is 0 Å². The minimum Gasteiger partial charge on any atom is -0.496 e. The molecule has 0 aromatic heterocycles. The zero-order valence-electron chi connectivity index (χ0n) is 13.7. The Morgan fingerprint density at radius 2 is 1.78 bits per heavy atom. The summed E-state index contributed by atoms with van der Waals surface area (Å²) in [6, 6.07) is 9.27. The lowest BCUT2D eigenvalue weighted by molar-refractivity contribution is 0.102. The maximum atomic E-state index is 12.8. The summed E-state index contributed by atoms with van der Waals surface area (Å²) in [5.74, 6) is 0.712. The quantitative estimate of drug-likeness (QED) is 0.828. The van der Waals surface area contributed by atoms with E-state index in [1.807, 2.05) is 19.1 Å². The van der Waals surface area contributed by atoms with E-state index in [4.69, 9.17) is 9.47 Å². The van der Waals surface area contributed by atoms with E-state index in [1.54, 1.807) is 18.2 Å². The van der Waals surface area contributed by atoms with Gasteiger partial charge in [0.25, 0.3) is 5.91 Å². The molecule has 0 bridgehead atoms. The van der Waals surface area contributed by atoms with Crippen LogP contribution in [0.4, 0.5) is 5.69 Å². The molecule has 0 saturated heterocycles. The summed E-state index contributed by atoms with van der Waals surface area (Å²) >= 11 is 3.49. The van der Waals surface area contributed by atoms with E-state index >= 15 is 0 Å². The molecule has 0 aliphatic rings. The van der Waals surface area contributed by atoms with Crippen molar-refractivity contribution in [2.75, 3.05) is 19.5 Å². The Morgan fingerprint density at radius 3 is 2.30 bits per heavy atom. The molecule has 23 heavy (non-hydrogen) atoms. The minimum atomic E-state index is -0.251. The molecule has 1 N–H and O–H groups in total. The summed E-state index contributed by atoms with van der Waals surface area (Å²) in [4.78, 5) is 12.8. The van der Waals surface area contributed by atoms with E-state index in [0.717, 1.165) is 27.7 Å². The fourth-order valence-electron chi connectivity index (χ4n) is 2.52. The third-order valence-electron chi connectivity index (χ3n) is 3.66. The molecule has 2 aromatic carbocycles. The molecule has 2 aromatic rings. The summed E-state index contributed by atoms with van der Waals surface area (Å²) in [5.41, 5.74) is 3.29. The van der Waals surface area contributed by atoms with Gasteiger partial charge < -0.3 is 14.8 Å². The van der Waals surface area contributed by atoms with Crippen molar-refractivity contribution >= 4 is 27.5 Å². The second kappa shape index (κ2) is 7.51. The van der Waals surface area contributed by atoms with Gasteiger partial charge in [-0.25, -0.2) is 0 Å². The lowest BCUT2D eigenvalue weighted by Gasteiger charge is -2.16. The van der Waals surface area contributed by atoms with Crippen LogP contribution in [0.1, 0.15) is 28.4 Å². The Balaban J connectivity index is 2.45. The molecule has 0 atom stereocenters. The number of methoxy groups -OCH3 is 2. The van der Waals surface area contributed by atoms with Gasteiger partial charge in [0.2, 0.25) is 0 Å². The number of carbonyl (C=O) groups excluding carboxylic acids is 1. The number of anilines is 1. The lowest BCUT2D eigenvalue weighted by atomic mass is 10.0. The molecule has 4 nitrogen and oxygen atoms in total. The first-order valence-electron chi connectivity index (χ1n) is 7.33. The van der Waals surface area contributed by atoms with Gasteiger partial charge in [-0.1, -0.05) is 28.9 Å². The molecule has 0 heterocycles. The topological polar surface area (TPSA) is 47.6 Å². The zero-order chi connectivity index (χ0) is 17.0. The van der Waals surface area contributed by atoms with E-state index in [2.05, 4.69) is 28.2 Å². The molecule has 0 aliphatic heterocycles. The standard InChI is InChI=1S/C18H20BrNO3/c1-5-12-10-13(19)9-11(2)17(12)20-18(21)16-14(22-3)7-6-8-15(16)23-4/h6-10H,5H2,1-4H3,(H,20,21). The lowest BCUT2D eigenvalue weighted by Crippen LogP contribution is -2.16. The molecule has 0 fully saturated rings. The van der Waals surface area contributed by atoms with Crippen LogP contribution in [0.15, 0.2) is 34.8 Å². The van der Waals surface area contributed by atoms with Crippen LogP contribution >= 0.6 is 15.9 Å². The Labute approximate surface area is 144 Å². The van der Waals surface area contributed by atoms with Gasteiger partial charge in [-0.15, -0.1) is 0 Å². The second-order valence-electron chi connectivity index (χ2n) is 5.10. The first-order chi connectivity index (χ1) is 11.0. The average Bonchev–Trinajstić information content (AvgIpc) is 2.55. The smallest absolute Gasteiger partial charge is 0.263 e. The van der Waals surface area contributed by atoms with Gasteiger partial charge in [0.1, 0.15) is 17.1 Å². The molecular weight excluding hydrogens is 358 g/mol. The van der Waals surface area contributed by atoms with Crippen LogP contribution in [0.5, 0.6) is 11.5 Å². The molecule has 0 unspecified atom stereocenters. The third kappa shape index (κ3) is 3.67. The van der Waals surface area contributed by atoms with Crippen molar-refractivity contribution in [3.05, 3.63) is 51.5 Å². The van der Waals surface area contributed by atoms with Crippen LogP contribution in [-0.4, -0.2) is 20.1 Å². The molecule has 0 saturated carbocycles. The van der Waals surface area contributed by atoms with Gasteiger partial charge in [0.15, 0.2) is 0 Å². The maximum Gasteiger partial charge on any atom is 0.263 e. The maximum absolute atomic E-state index is 12.8. The number of hydrogen-bond acceptors (Lipinski definition) is 3. The summed E-state index contributed by atoms with van der Waals surface area (Å²) in [5, 5.41) is 3.00. The van der Waals surface area contributed by atoms with Gasteiger partial charge >= 0.3 is 0 Å². The zero-order valence-corrected chi connectivity index (χ0v) is 15.3. The van der Waals surface area contributed by atoms with Crippen LogP contribution in [0.2, 0.25) is 0 Å². The van der Waals surface area contributed by atoms with Crippen LogP contribution in [-0.2, 0) is 6.42 Å². The van der Waals surface area contributed by atoms with E-state index in [-0.39, 0.29) is 5.91 Å². The summed E-state index contributed by atoms with van der Waals surface area (Å²) in [6.45, 7) is 4.03. The SMILES string of the molecule is CCc1cc(Br)cc(C)c1NC(=O)c1c(OC)cccc1OC. The molecular formula is C18H20BrNO3. The Bertz CT molecular complexity index is 706. The Hall–Kier alpha value is -2.01. The van der Waals surface area contributed by atoms with E-state index in [9.17, 15) is 4.79 Å². The number of ether oxygens (including phenoxy) is 2. The number of aryl methyl sites for hydroxylation is 2. The van der Waals surface area contributed by atoms with Gasteiger partial charge in [-0.05, 0) is 48.7 Å². The van der Waals surface area contributed by atoms with Crippen molar-refractivity contribution in [2.45, 2.75) is 20.3 Å². The van der Waals surface area contributed by atoms with Gasteiger partial charge in [-0.3, -0.25) is 4.79 Å². The monoisotopic (exact) mass is 377 g/mol. The third-order valence-corrected chi connectivity index (χ3v) is 4.11. The molecule has 5 heteroatoms. The van der Waals surface area contributed by atoms with Crippen molar-refractivity contribution < 1.29 is 14.3 Å². The van der Waals surface area contributed by atoms with Crippen molar-refractivity contribution in [1.82, 2.24) is 0 Å². The number of hydrogen-bond donors (Lipinski definition) is 1. The number of benzene rings is 2. The summed E-state index contributed by atoms with van der Waals surface area (Å²) in [6.07, 6.45) is 0.818. The van der Waals surface area contributed by atoms with Crippen LogP contribution < -0.4 is 14.8 Å². The highest BCUT2D eigenvalue weighted by atomic mass is 79.9. The average molecular weight is 378 g/mol. The number of halogens is 1. The van der Waals surface area contributed by atoms with E-state index in [0.29, 0.717) is 17.1 Å². The van der Waals surface area contributed by atoms with Gasteiger partial charge in [-0.2, -0.15) is 0 Å². The van der Waals surface area contributed by atoms with Gasteiger partial charge in [0.05, 0.1) is 14.2 Å². The normalized spacial score (nSPS) is 10.3. The minimum absolute atomic E-state index is 0.251. The van der Waals surface area contributed by atoms with Crippen molar-refractivity contribution in [1.29, 1.82) is 0 Å². The molecule has 0 radical (unpaired) electrons. The van der Waals surface area contributed by atoms with Crippen LogP contribution in [0, 0.1) is 6.92 Å². The first-order valence-corrected chi connectivity index (χ1v) is 8.12. The van der Waals surface area contributed by atoms with Crippen molar-refractivity contribution in [3.63, 3.8) is 0 Å². The summed E-state index contributed by atoms with van der Waals surface area (Å²) < 4.78 is 11.6. The second-order valence-corrected chi connectivity index (χ2v) is 6.02. The fourth-order valence-corrected chi connectivity index (χ4v) is 3.14. The van der Waals surface area contributed by atoms with Crippen LogP contribution in [0.25, 0.3) is 0 Å². The van der Waals surface area contributed by atoms with Gasteiger partial charge in [0, 0.05) is 10.2 Å².